The number of hydrogen-bond donors (Lipinski definition) is 4. The van der Waals surface area contributed by atoms with Gasteiger partial charge >= 0.3 is 12.2 Å². The molecule has 4 aliphatic rings. The lowest BCUT2D eigenvalue weighted by atomic mass is 9.98. The molecular formula is C45H56N8O8. The Hall–Kier alpha value is -6.06. The molecule has 324 valence electrons. The number of methoxy groups -OCH3 is 2. The molecule has 8 rings (SSSR count). The zero-order valence-electron chi connectivity index (χ0n) is 35.7. The fraction of sp³-hybridized carbons (Fsp3) is 0.511. The van der Waals surface area contributed by atoms with Gasteiger partial charge in [-0.1, -0.05) is 39.8 Å². The standard InChI is InChI=1S/C45H56N8O8/c1-25(2)37(50-43(56)58-5)41(54)52-17-7-9-33(52)39-46-21-31(48-39)27-11-13-29-30-14-12-28(20-36(30)61-24-45(15-16-45)23-60-35(29)19-27)32-22-47-40(49-32)34-10-8-18-53(34)42(55)38(26(3)4)51-44(57)59-6/h11-14,19-22,25-26,33-34,37-38H,7-10,15-18,23-24H2,1-6H3,(H,46,48)(H,47,49)(H,50,56)(H,51,57)/t33-,34-,37-,38-/m0/s1. The van der Waals surface area contributed by atoms with Crippen molar-refractivity contribution < 1.29 is 38.1 Å². The molecule has 1 spiro atoms. The number of fused-ring (bicyclic) bond motifs is 3. The highest BCUT2D eigenvalue weighted by molar-refractivity contribution is 5.87. The fourth-order valence-electron chi connectivity index (χ4n) is 8.72. The summed E-state index contributed by atoms with van der Waals surface area (Å²) in [5.41, 5.74) is 5.13. The average molecular weight is 837 g/mol. The monoisotopic (exact) mass is 836 g/mol. The van der Waals surface area contributed by atoms with Crippen LogP contribution in [0.5, 0.6) is 11.5 Å². The van der Waals surface area contributed by atoms with Crippen molar-refractivity contribution in [2.75, 3.05) is 40.5 Å². The van der Waals surface area contributed by atoms with E-state index >= 15 is 0 Å². The summed E-state index contributed by atoms with van der Waals surface area (Å²) in [5, 5.41) is 5.42. The minimum Gasteiger partial charge on any atom is -0.492 e. The highest BCUT2D eigenvalue weighted by atomic mass is 16.5. The van der Waals surface area contributed by atoms with Gasteiger partial charge in [-0.3, -0.25) is 9.59 Å². The average Bonchev–Trinajstić information content (AvgIpc) is 3.85. The Labute approximate surface area is 355 Å². The van der Waals surface area contributed by atoms with Crippen molar-refractivity contribution in [2.24, 2.45) is 17.3 Å². The van der Waals surface area contributed by atoms with Crippen LogP contribution >= 0.6 is 0 Å². The second-order valence-electron chi connectivity index (χ2n) is 17.5. The Morgan fingerprint density at radius 1 is 0.705 bits per heavy atom. The number of alkyl carbamates (subject to hydrolysis) is 2. The van der Waals surface area contributed by atoms with E-state index < -0.39 is 24.3 Å². The molecule has 3 fully saturated rings. The molecule has 1 aliphatic carbocycles. The number of rotatable bonds is 10. The van der Waals surface area contributed by atoms with Gasteiger partial charge in [0.15, 0.2) is 0 Å². The van der Waals surface area contributed by atoms with E-state index in [1.165, 1.54) is 14.2 Å². The topological polar surface area (TPSA) is 193 Å². The van der Waals surface area contributed by atoms with E-state index in [9.17, 15) is 19.2 Å². The summed E-state index contributed by atoms with van der Waals surface area (Å²) < 4.78 is 22.8. The van der Waals surface area contributed by atoms with Crippen LogP contribution in [0.1, 0.15) is 90.0 Å². The molecule has 4 amide bonds. The normalized spacial score (nSPS) is 20.1. The SMILES string of the molecule is COC(=O)N[C@H](C(=O)N1CCC[C@H]1c1ncc(-c2ccc3c(c2)OCC2(CC2)COc2cc(-c4cnc([C@@H]5CCCN5C(=O)[C@@H](NC(=O)OC)C(C)C)[nH]4)ccc2-3)[nH]1)C(C)C. The van der Waals surface area contributed by atoms with Gasteiger partial charge in [0.05, 0.1) is 63.3 Å². The van der Waals surface area contributed by atoms with Crippen LogP contribution < -0.4 is 20.1 Å². The number of imidazole rings is 2. The number of hydrogen-bond acceptors (Lipinski definition) is 10. The van der Waals surface area contributed by atoms with Gasteiger partial charge in [0.1, 0.15) is 35.2 Å². The summed E-state index contributed by atoms with van der Waals surface area (Å²) in [6, 6.07) is 10.3. The molecule has 0 radical (unpaired) electrons. The first kappa shape index (κ1) is 41.7. The van der Waals surface area contributed by atoms with Gasteiger partial charge in [-0.2, -0.15) is 0 Å². The number of nitrogens with one attached hydrogen (secondary N) is 4. The van der Waals surface area contributed by atoms with Crippen LogP contribution in [0.15, 0.2) is 48.8 Å². The highest BCUT2D eigenvalue weighted by Crippen LogP contribution is 2.50. The molecular weight excluding hydrogens is 781 g/mol. The van der Waals surface area contributed by atoms with Gasteiger partial charge in [-0.05, 0) is 74.6 Å². The summed E-state index contributed by atoms with van der Waals surface area (Å²) in [6.45, 7) is 9.80. The van der Waals surface area contributed by atoms with Gasteiger partial charge in [0.2, 0.25) is 11.8 Å². The fourth-order valence-corrected chi connectivity index (χ4v) is 8.72. The smallest absolute Gasteiger partial charge is 0.407 e. The minimum absolute atomic E-state index is 0.0721. The summed E-state index contributed by atoms with van der Waals surface area (Å²) in [5.74, 6) is 2.29. The first-order chi connectivity index (χ1) is 29.4. The van der Waals surface area contributed by atoms with Crippen LogP contribution in [-0.4, -0.2) is 106 Å². The number of nitrogens with zero attached hydrogens (tertiary/aromatic N) is 4. The number of aromatic amines is 2. The van der Waals surface area contributed by atoms with E-state index in [-0.39, 0.29) is 41.1 Å². The molecule has 16 nitrogen and oxygen atoms in total. The van der Waals surface area contributed by atoms with Crippen molar-refractivity contribution >= 4 is 24.0 Å². The van der Waals surface area contributed by atoms with Crippen molar-refractivity contribution in [1.82, 2.24) is 40.4 Å². The Morgan fingerprint density at radius 3 is 1.51 bits per heavy atom. The van der Waals surface area contributed by atoms with Crippen molar-refractivity contribution in [2.45, 2.75) is 90.4 Å². The number of benzene rings is 2. The first-order valence-electron chi connectivity index (χ1n) is 21.3. The zero-order valence-corrected chi connectivity index (χ0v) is 35.7. The van der Waals surface area contributed by atoms with Crippen molar-refractivity contribution in [1.29, 1.82) is 0 Å². The molecule has 0 unspecified atom stereocenters. The zero-order chi connectivity index (χ0) is 43.0. The Bertz CT molecular complexity index is 2130. The van der Waals surface area contributed by atoms with Gasteiger partial charge < -0.3 is 49.3 Å². The predicted molar refractivity (Wildman–Crippen MR) is 225 cm³/mol. The van der Waals surface area contributed by atoms with Crippen LogP contribution in [0.4, 0.5) is 9.59 Å². The lowest BCUT2D eigenvalue weighted by molar-refractivity contribution is -0.136. The third kappa shape index (κ3) is 8.49. The molecule has 4 atom stereocenters. The predicted octanol–water partition coefficient (Wildman–Crippen LogP) is 6.77. The molecule has 4 N–H and O–H groups in total. The van der Waals surface area contributed by atoms with Crippen molar-refractivity contribution in [3.05, 3.63) is 60.4 Å². The van der Waals surface area contributed by atoms with Gasteiger partial charge in [-0.15, -0.1) is 0 Å². The Morgan fingerprint density at radius 2 is 1.13 bits per heavy atom. The summed E-state index contributed by atoms with van der Waals surface area (Å²) in [7, 11) is 2.58. The largest absolute Gasteiger partial charge is 0.492 e. The number of aromatic nitrogens is 4. The minimum atomic E-state index is -0.714. The van der Waals surface area contributed by atoms with E-state index in [1.807, 2.05) is 52.0 Å². The maximum atomic E-state index is 13.7. The van der Waals surface area contributed by atoms with Crippen LogP contribution in [0.25, 0.3) is 33.6 Å². The number of carbonyl (C=O) groups excluding carboxylic acids is 4. The van der Waals surface area contributed by atoms with E-state index in [2.05, 4.69) is 32.7 Å². The molecule has 2 aromatic heterocycles. The number of ether oxygens (including phenoxy) is 4. The highest BCUT2D eigenvalue weighted by Gasteiger charge is 2.46. The van der Waals surface area contributed by atoms with E-state index in [4.69, 9.17) is 28.9 Å². The van der Waals surface area contributed by atoms with Gasteiger partial charge in [0, 0.05) is 40.8 Å². The molecule has 2 saturated heterocycles. The summed E-state index contributed by atoms with van der Waals surface area (Å²) >= 11 is 0. The van der Waals surface area contributed by atoms with E-state index in [0.29, 0.717) is 38.0 Å². The first-order valence-corrected chi connectivity index (χ1v) is 21.3. The van der Waals surface area contributed by atoms with Gasteiger partial charge in [-0.25, -0.2) is 19.6 Å². The lowest BCUT2D eigenvalue weighted by Gasteiger charge is -2.30. The van der Waals surface area contributed by atoms with Crippen molar-refractivity contribution in [3.8, 4) is 45.1 Å². The maximum absolute atomic E-state index is 13.7. The molecule has 2 aromatic carbocycles. The molecule has 4 aromatic rings. The van der Waals surface area contributed by atoms with Crippen LogP contribution in [-0.2, 0) is 19.1 Å². The Balaban J connectivity index is 1.04. The number of H-pyrrole nitrogens is 2. The van der Waals surface area contributed by atoms with Gasteiger partial charge in [0.25, 0.3) is 0 Å². The molecule has 61 heavy (non-hydrogen) atoms. The maximum Gasteiger partial charge on any atom is 0.407 e. The molecule has 0 bridgehead atoms. The number of likely N-dealkylation sites (tertiary alicyclic amines) is 2. The van der Waals surface area contributed by atoms with E-state index in [0.717, 1.165) is 83.7 Å². The van der Waals surface area contributed by atoms with E-state index in [1.54, 1.807) is 22.2 Å². The second-order valence-corrected chi connectivity index (χ2v) is 17.5. The molecule has 16 heteroatoms. The number of amides is 4. The third-order valence-electron chi connectivity index (χ3n) is 12.6. The molecule has 1 saturated carbocycles. The molecule has 5 heterocycles. The van der Waals surface area contributed by atoms with Crippen LogP contribution in [0.3, 0.4) is 0 Å². The third-order valence-corrected chi connectivity index (χ3v) is 12.6. The Kier molecular flexibility index (Phi) is 11.7. The van der Waals surface area contributed by atoms with Crippen molar-refractivity contribution in [3.63, 3.8) is 0 Å². The van der Waals surface area contributed by atoms with Crippen LogP contribution in [0, 0.1) is 17.3 Å². The summed E-state index contributed by atoms with van der Waals surface area (Å²) in [4.78, 5) is 71.7. The lowest BCUT2D eigenvalue weighted by Crippen LogP contribution is -2.51. The molecule has 3 aliphatic heterocycles. The number of carbonyl (C=O) groups is 4. The second kappa shape index (κ2) is 17.1. The quantitative estimate of drug-likeness (QED) is 0.132. The summed E-state index contributed by atoms with van der Waals surface area (Å²) in [6.07, 6.45) is 7.51. The van der Waals surface area contributed by atoms with Crippen LogP contribution in [0.2, 0.25) is 0 Å².